The molecule has 0 bridgehead atoms. The molecule has 2 N–H and O–H groups in total. The lowest BCUT2D eigenvalue weighted by Crippen LogP contribution is -1.98. The van der Waals surface area contributed by atoms with Gasteiger partial charge in [0.05, 0.1) is 5.75 Å². The minimum atomic E-state index is -0.972. The van der Waals surface area contributed by atoms with Crippen molar-refractivity contribution in [3.63, 3.8) is 0 Å². The largest absolute Gasteiger partial charge is 0.478 e. The van der Waals surface area contributed by atoms with Gasteiger partial charge in [0.2, 0.25) is 0 Å². The zero-order valence-electron chi connectivity index (χ0n) is 9.79. The number of H-pyrrole nitrogens is 1. The van der Waals surface area contributed by atoms with Crippen molar-refractivity contribution < 1.29 is 14.3 Å². The minimum absolute atomic E-state index is 0.231. The van der Waals surface area contributed by atoms with Gasteiger partial charge < -0.3 is 14.5 Å². The van der Waals surface area contributed by atoms with Crippen molar-refractivity contribution in [3.8, 4) is 0 Å². The summed E-state index contributed by atoms with van der Waals surface area (Å²) in [4.78, 5) is 18.4. The molecule has 6 heteroatoms. The number of imidazole rings is 1. The quantitative estimate of drug-likeness (QED) is 0.714. The highest BCUT2D eigenvalue weighted by Crippen LogP contribution is 2.30. The fourth-order valence-electron chi connectivity index (χ4n) is 1.90. The maximum absolute atomic E-state index is 11.4. The van der Waals surface area contributed by atoms with Crippen LogP contribution in [0.5, 0.6) is 0 Å². The van der Waals surface area contributed by atoms with Gasteiger partial charge in [-0.15, -0.1) is 0 Å². The van der Waals surface area contributed by atoms with Gasteiger partial charge in [-0.1, -0.05) is 30.0 Å². The summed E-state index contributed by atoms with van der Waals surface area (Å²) in [6.45, 7) is 0. The SMILES string of the molecule is O=C(O)c1c(CSc2ncc[nH]2)oc2ccccc12. The monoisotopic (exact) mass is 274 g/mol. The van der Waals surface area contributed by atoms with Gasteiger partial charge in [0.1, 0.15) is 16.9 Å². The second-order valence-corrected chi connectivity index (χ2v) is 4.85. The summed E-state index contributed by atoms with van der Waals surface area (Å²) in [6.07, 6.45) is 3.37. The number of aromatic nitrogens is 2. The van der Waals surface area contributed by atoms with Crippen molar-refractivity contribution in [2.45, 2.75) is 10.9 Å². The number of carboxylic acids is 1. The van der Waals surface area contributed by atoms with E-state index in [1.807, 2.05) is 6.07 Å². The Morgan fingerprint density at radius 1 is 1.42 bits per heavy atom. The Bertz CT molecular complexity index is 719. The van der Waals surface area contributed by atoms with Gasteiger partial charge in [0.15, 0.2) is 5.16 Å². The molecule has 0 fully saturated rings. The van der Waals surface area contributed by atoms with Crippen molar-refractivity contribution in [1.82, 2.24) is 9.97 Å². The van der Waals surface area contributed by atoms with Crippen LogP contribution in [0.25, 0.3) is 11.0 Å². The van der Waals surface area contributed by atoms with E-state index in [2.05, 4.69) is 9.97 Å². The highest BCUT2D eigenvalue weighted by atomic mass is 32.2. The van der Waals surface area contributed by atoms with E-state index in [9.17, 15) is 9.90 Å². The molecular formula is C13H10N2O3S. The average Bonchev–Trinajstić information content (AvgIpc) is 3.03. The molecular weight excluding hydrogens is 264 g/mol. The average molecular weight is 274 g/mol. The molecule has 96 valence electrons. The van der Waals surface area contributed by atoms with E-state index >= 15 is 0 Å². The smallest absolute Gasteiger partial charge is 0.339 e. The van der Waals surface area contributed by atoms with Gasteiger partial charge in [0.25, 0.3) is 0 Å². The second kappa shape index (κ2) is 4.81. The second-order valence-electron chi connectivity index (χ2n) is 3.88. The van der Waals surface area contributed by atoms with Crippen molar-refractivity contribution in [1.29, 1.82) is 0 Å². The Kier molecular flexibility index (Phi) is 3.00. The van der Waals surface area contributed by atoms with E-state index in [0.717, 1.165) is 5.16 Å². The number of thioether (sulfide) groups is 1. The van der Waals surface area contributed by atoms with E-state index in [-0.39, 0.29) is 5.56 Å². The highest BCUT2D eigenvalue weighted by molar-refractivity contribution is 7.98. The molecule has 0 unspecified atom stereocenters. The van der Waals surface area contributed by atoms with Crippen LogP contribution in [0.4, 0.5) is 0 Å². The van der Waals surface area contributed by atoms with E-state index in [4.69, 9.17) is 4.42 Å². The predicted octanol–water partition coefficient (Wildman–Crippen LogP) is 3.15. The number of carboxylic acid groups (broad SMARTS) is 1. The van der Waals surface area contributed by atoms with Crippen molar-refractivity contribution in [2.24, 2.45) is 0 Å². The Balaban J connectivity index is 1.98. The molecule has 0 spiro atoms. The third kappa shape index (κ3) is 2.22. The first kappa shape index (κ1) is 11.9. The number of para-hydroxylation sites is 1. The summed E-state index contributed by atoms with van der Waals surface area (Å²) in [5, 5.41) is 10.7. The molecule has 0 aliphatic rings. The molecule has 0 radical (unpaired) electrons. The van der Waals surface area contributed by atoms with Crippen LogP contribution in [0.3, 0.4) is 0 Å². The first-order chi connectivity index (χ1) is 9.25. The van der Waals surface area contributed by atoms with Crippen LogP contribution in [0.2, 0.25) is 0 Å². The molecule has 5 nitrogen and oxygen atoms in total. The number of furan rings is 1. The predicted molar refractivity (Wildman–Crippen MR) is 71.3 cm³/mol. The number of nitrogens with zero attached hydrogens (tertiary/aromatic N) is 1. The summed E-state index contributed by atoms with van der Waals surface area (Å²) in [7, 11) is 0. The van der Waals surface area contributed by atoms with E-state index < -0.39 is 5.97 Å². The van der Waals surface area contributed by atoms with E-state index in [1.54, 1.807) is 30.6 Å². The fourth-order valence-corrected chi connectivity index (χ4v) is 2.65. The Morgan fingerprint density at radius 2 is 2.26 bits per heavy atom. The minimum Gasteiger partial charge on any atom is -0.478 e. The van der Waals surface area contributed by atoms with Gasteiger partial charge in [-0.25, -0.2) is 9.78 Å². The van der Waals surface area contributed by atoms with Gasteiger partial charge in [-0.2, -0.15) is 0 Å². The van der Waals surface area contributed by atoms with Crippen LogP contribution in [-0.2, 0) is 5.75 Å². The standard InChI is InChI=1S/C13H10N2O3S/c16-12(17)11-8-3-1-2-4-9(8)18-10(11)7-19-13-14-5-6-15-13/h1-6H,7H2,(H,14,15)(H,16,17). The Morgan fingerprint density at radius 3 is 3.00 bits per heavy atom. The van der Waals surface area contributed by atoms with Crippen LogP contribution in [0.1, 0.15) is 16.1 Å². The van der Waals surface area contributed by atoms with Gasteiger partial charge in [-0.05, 0) is 6.07 Å². The number of hydrogen-bond acceptors (Lipinski definition) is 4. The normalized spacial score (nSPS) is 10.9. The Labute approximate surface area is 112 Å². The number of nitrogens with one attached hydrogen (secondary N) is 1. The number of rotatable bonds is 4. The molecule has 0 amide bonds. The lowest BCUT2D eigenvalue weighted by molar-refractivity contribution is 0.0697. The molecule has 0 aliphatic heterocycles. The molecule has 0 saturated carbocycles. The summed E-state index contributed by atoms with van der Waals surface area (Å²) in [5.41, 5.74) is 0.824. The van der Waals surface area contributed by atoms with Gasteiger partial charge in [-0.3, -0.25) is 0 Å². The van der Waals surface area contributed by atoms with Crippen molar-refractivity contribution >= 4 is 28.7 Å². The summed E-state index contributed by atoms with van der Waals surface area (Å²) in [5.74, 6) is -0.0980. The summed E-state index contributed by atoms with van der Waals surface area (Å²) >= 11 is 1.40. The lowest BCUT2D eigenvalue weighted by atomic mass is 10.1. The summed E-state index contributed by atoms with van der Waals surface area (Å²) in [6, 6.07) is 7.14. The van der Waals surface area contributed by atoms with Gasteiger partial charge in [0, 0.05) is 17.8 Å². The van der Waals surface area contributed by atoms with Crippen molar-refractivity contribution in [2.75, 3.05) is 0 Å². The molecule has 3 rings (SSSR count). The molecule has 19 heavy (non-hydrogen) atoms. The zero-order chi connectivity index (χ0) is 13.2. The van der Waals surface area contributed by atoms with Crippen LogP contribution in [-0.4, -0.2) is 21.0 Å². The lowest BCUT2D eigenvalue weighted by Gasteiger charge is -1.97. The third-order valence-corrected chi connectivity index (χ3v) is 3.60. The first-order valence-corrected chi connectivity index (χ1v) is 6.60. The van der Waals surface area contributed by atoms with Crippen LogP contribution < -0.4 is 0 Å². The Hall–Kier alpha value is -2.21. The number of hydrogen-bond donors (Lipinski definition) is 2. The van der Waals surface area contributed by atoms with Crippen LogP contribution in [0, 0.1) is 0 Å². The van der Waals surface area contributed by atoms with Crippen LogP contribution in [0.15, 0.2) is 46.2 Å². The number of fused-ring (bicyclic) bond motifs is 1. The molecule has 3 aromatic rings. The van der Waals surface area contributed by atoms with Crippen LogP contribution >= 0.6 is 11.8 Å². The highest BCUT2D eigenvalue weighted by Gasteiger charge is 2.20. The topological polar surface area (TPSA) is 79.1 Å². The summed E-state index contributed by atoms with van der Waals surface area (Å²) < 4.78 is 5.62. The number of aromatic carboxylic acids is 1. The van der Waals surface area contributed by atoms with Crippen molar-refractivity contribution in [3.05, 3.63) is 48.0 Å². The molecule has 0 atom stereocenters. The van der Waals surface area contributed by atoms with E-state index in [1.165, 1.54) is 11.8 Å². The molecule has 2 aromatic heterocycles. The molecule has 0 saturated heterocycles. The molecule has 0 aliphatic carbocycles. The maximum atomic E-state index is 11.4. The zero-order valence-corrected chi connectivity index (χ0v) is 10.6. The third-order valence-electron chi connectivity index (χ3n) is 2.70. The fraction of sp³-hybridized carbons (Fsp3) is 0.0769. The van der Waals surface area contributed by atoms with E-state index in [0.29, 0.717) is 22.5 Å². The number of benzene rings is 1. The molecule has 1 aromatic carbocycles. The van der Waals surface area contributed by atoms with Gasteiger partial charge >= 0.3 is 5.97 Å². The first-order valence-electron chi connectivity index (χ1n) is 5.61. The maximum Gasteiger partial charge on any atom is 0.339 e. The number of aromatic amines is 1. The molecule has 2 heterocycles. The number of carbonyl (C=O) groups is 1.